The first-order valence-corrected chi connectivity index (χ1v) is 9.51. The van der Waals surface area contributed by atoms with E-state index in [0.717, 1.165) is 37.5 Å². The molecule has 1 aromatic carbocycles. The van der Waals surface area contributed by atoms with Gasteiger partial charge in [-0.05, 0) is 36.8 Å². The van der Waals surface area contributed by atoms with E-state index in [4.69, 9.17) is 18.9 Å². The van der Waals surface area contributed by atoms with E-state index in [0.29, 0.717) is 17.7 Å². The molecule has 1 aliphatic rings. The van der Waals surface area contributed by atoms with Crippen LogP contribution in [0.3, 0.4) is 0 Å². The topological polar surface area (TPSA) is 71.1 Å². The second-order valence-electron chi connectivity index (χ2n) is 6.99. The van der Waals surface area contributed by atoms with Crippen molar-refractivity contribution in [3.8, 4) is 5.75 Å². The summed E-state index contributed by atoms with van der Waals surface area (Å²) in [6, 6.07) is 5.58. The number of aldehydes is 1. The SMILES string of the molecule is COCO[C@@H]1CC(CC=O)OC(=O)c2c(cccc2OC)CCCC[C@@H]1C. The van der Waals surface area contributed by atoms with E-state index in [1.807, 2.05) is 12.1 Å². The van der Waals surface area contributed by atoms with Gasteiger partial charge in [0.05, 0.1) is 13.2 Å². The molecule has 0 saturated carbocycles. The second-order valence-corrected chi connectivity index (χ2v) is 6.99. The van der Waals surface area contributed by atoms with Gasteiger partial charge >= 0.3 is 5.97 Å². The number of aryl methyl sites for hydroxylation is 1. The molecule has 1 aliphatic heterocycles. The summed E-state index contributed by atoms with van der Waals surface area (Å²) in [5.74, 6) is 0.324. The summed E-state index contributed by atoms with van der Waals surface area (Å²) < 4.78 is 22.0. The summed E-state index contributed by atoms with van der Waals surface area (Å²) in [5, 5.41) is 0. The Labute approximate surface area is 161 Å². The molecule has 0 spiro atoms. The van der Waals surface area contributed by atoms with Crippen LogP contribution in [0.1, 0.15) is 54.9 Å². The fourth-order valence-electron chi connectivity index (χ4n) is 3.54. The molecule has 0 bridgehead atoms. The Morgan fingerprint density at radius 3 is 2.78 bits per heavy atom. The highest BCUT2D eigenvalue weighted by atomic mass is 16.7. The normalized spacial score (nSPS) is 24.1. The molecule has 0 radical (unpaired) electrons. The number of cyclic esters (lactones) is 1. The Kier molecular flexibility index (Phi) is 8.75. The third-order valence-electron chi connectivity index (χ3n) is 5.05. The number of carbonyl (C=O) groups excluding carboxylic acids is 2. The zero-order chi connectivity index (χ0) is 19.6. The predicted molar refractivity (Wildman–Crippen MR) is 101 cm³/mol. The van der Waals surface area contributed by atoms with Gasteiger partial charge < -0.3 is 23.7 Å². The molecule has 1 unspecified atom stereocenters. The van der Waals surface area contributed by atoms with Crippen LogP contribution in [0.15, 0.2) is 18.2 Å². The van der Waals surface area contributed by atoms with Gasteiger partial charge in [0.25, 0.3) is 0 Å². The molecule has 150 valence electrons. The van der Waals surface area contributed by atoms with Gasteiger partial charge in [-0.2, -0.15) is 0 Å². The monoisotopic (exact) mass is 378 g/mol. The van der Waals surface area contributed by atoms with Crippen LogP contribution in [0.4, 0.5) is 0 Å². The number of ether oxygens (including phenoxy) is 4. The molecule has 0 aromatic heterocycles. The van der Waals surface area contributed by atoms with E-state index in [1.54, 1.807) is 13.2 Å². The van der Waals surface area contributed by atoms with Crippen LogP contribution >= 0.6 is 0 Å². The van der Waals surface area contributed by atoms with Gasteiger partial charge in [0, 0.05) is 20.0 Å². The van der Waals surface area contributed by atoms with Crippen molar-refractivity contribution in [2.24, 2.45) is 5.92 Å². The van der Waals surface area contributed by atoms with Crippen molar-refractivity contribution in [1.29, 1.82) is 0 Å². The lowest BCUT2D eigenvalue weighted by Gasteiger charge is -2.28. The maximum absolute atomic E-state index is 12.9. The lowest BCUT2D eigenvalue weighted by atomic mass is 9.91. The maximum Gasteiger partial charge on any atom is 0.342 e. The zero-order valence-corrected chi connectivity index (χ0v) is 16.4. The Morgan fingerprint density at radius 2 is 2.07 bits per heavy atom. The van der Waals surface area contributed by atoms with Crippen molar-refractivity contribution >= 4 is 12.3 Å². The predicted octanol–water partition coefficient (Wildman–Crippen LogP) is 3.55. The lowest BCUT2D eigenvalue weighted by molar-refractivity contribution is -0.114. The number of carbonyl (C=O) groups is 2. The number of hydrogen-bond acceptors (Lipinski definition) is 6. The molecule has 27 heavy (non-hydrogen) atoms. The molecule has 1 aromatic rings. The molecule has 0 fully saturated rings. The van der Waals surface area contributed by atoms with Crippen LogP contribution in [0.25, 0.3) is 0 Å². The molecule has 0 amide bonds. The molecular weight excluding hydrogens is 348 g/mol. The van der Waals surface area contributed by atoms with Crippen LogP contribution in [0, 0.1) is 5.92 Å². The number of methoxy groups -OCH3 is 2. The quantitative estimate of drug-likeness (QED) is 0.428. The summed E-state index contributed by atoms with van der Waals surface area (Å²) in [7, 11) is 3.12. The van der Waals surface area contributed by atoms with Gasteiger partial charge in [0.1, 0.15) is 30.5 Å². The van der Waals surface area contributed by atoms with Crippen LogP contribution in [-0.4, -0.2) is 45.5 Å². The largest absolute Gasteiger partial charge is 0.496 e. The Balaban J connectivity index is 2.31. The highest BCUT2D eigenvalue weighted by Gasteiger charge is 2.28. The van der Waals surface area contributed by atoms with E-state index in [2.05, 4.69) is 6.92 Å². The van der Waals surface area contributed by atoms with Gasteiger partial charge in [-0.15, -0.1) is 0 Å². The molecule has 6 heteroatoms. The summed E-state index contributed by atoms with van der Waals surface area (Å²) in [5.41, 5.74) is 1.38. The standard InChI is InChI=1S/C21H30O6/c1-15-7-4-5-8-16-9-6-10-18(25-3)20(16)21(23)27-17(11-12-22)13-19(15)26-14-24-2/h6,9-10,12,15,17,19H,4-5,7-8,11,13-14H2,1-3H3/t15-,17?,19+/m0/s1. The lowest BCUT2D eigenvalue weighted by Crippen LogP contribution is -2.31. The van der Waals surface area contributed by atoms with Crippen molar-refractivity contribution < 1.29 is 28.5 Å². The van der Waals surface area contributed by atoms with Gasteiger partial charge in [0.15, 0.2) is 0 Å². The Bertz CT molecular complexity index is 615. The summed E-state index contributed by atoms with van der Waals surface area (Å²) in [6.07, 6.45) is 4.45. The van der Waals surface area contributed by atoms with E-state index in [9.17, 15) is 9.59 Å². The summed E-state index contributed by atoms with van der Waals surface area (Å²) >= 11 is 0. The van der Waals surface area contributed by atoms with Crippen molar-refractivity contribution in [2.45, 2.75) is 57.7 Å². The van der Waals surface area contributed by atoms with Crippen LogP contribution in [0.5, 0.6) is 5.75 Å². The van der Waals surface area contributed by atoms with Crippen molar-refractivity contribution in [2.75, 3.05) is 21.0 Å². The first kappa shape index (κ1) is 21.4. The molecule has 0 aliphatic carbocycles. The molecule has 2 rings (SSSR count). The van der Waals surface area contributed by atoms with Gasteiger partial charge in [-0.1, -0.05) is 25.5 Å². The van der Waals surface area contributed by atoms with Gasteiger partial charge in [-0.25, -0.2) is 4.79 Å². The molecule has 6 nitrogen and oxygen atoms in total. The Hall–Kier alpha value is -1.92. The highest BCUT2D eigenvalue weighted by molar-refractivity contribution is 5.94. The van der Waals surface area contributed by atoms with Gasteiger partial charge in [0.2, 0.25) is 0 Å². The number of esters is 1. The Morgan fingerprint density at radius 1 is 1.26 bits per heavy atom. The van der Waals surface area contributed by atoms with Crippen molar-refractivity contribution in [1.82, 2.24) is 0 Å². The average Bonchev–Trinajstić information content (AvgIpc) is 2.67. The number of fused-ring (bicyclic) bond motifs is 1. The molecule has 1 heterocycles. The van der Waals surface area contributed by atoms with E-state index in [-0.39, 0.29) is 25.2 Å². The molecular formula is C21H30O6. The highest BCUT2D eigenvalue weighted by Crippen LogP contribution is 2.29. The van der Waals surface area contributed by atoms with Crippen LogP contribution < -0.4 is 4.74 Å². The number of hydrogen-bond donors (Lipinski definition) is 0. The second kappa shape index (κ2) is 11.0. The fraction of sp³-hybridized carbons (Fsp3) is 0.619. The van der Waals surface area contributed by atoms with Crippen LogP contribution in [-0.2, 0) is 25.4 Å². The minimum absolute atomic E-state index is 0.135. The minimum Gasteiger partial charge on any atom is -0.496 e. The number of benzene rings is 1. The third kappa shape index (κ3) is 6.04. The summed E-state index contributed by atoms with van der Waals surface area (Å²) in [4.78, 5) is 24.0. The summed E-state index contributed by atoms with van der Waals surface area (Å²) in [6.45, 7) is 2.30. The smallest absolute Gasteiger partial charge is 0.342 e. The maximum atomic E-state index is 12.9. The fourth-order valence-corrected chi connectivity index (χ4v) is 3.54. The third-order valence-corrected chi connectivity index (χ3v) is 5.05. The van der Waals surface area contributed by atoms with E-state index < -0.39 is 12.1 Å². The molecule has 0 N–H and O–H groups in total. The first-order chi connectivity index (χ1) is 13.1. The first-order valence-electron chi connectivity index (χ1n) is 9.51. The van der Waals surface area contributed by atoms with Crippen molar-refractivity contribution in [3.05, 3.63) is 29.3 Å². The average molecular weight is 378 g/mol. The van der Waals surface area contributed by atoms with Crippen LogP contribution in [0.2, 0.25) is 0 Å². The minimum atomic E-state index is -0.545. The zero-order valence-electron chi connectivity index (χ0n) is 16.4. The van der Waals surface area contributed by atoms with Crippen molar-refractivity contribution in [3.63, 3.8) is 0 Å². The number of rotatable bonds is 6. The van der Waals surface area contributed by atoms with Gasteiger partial charge in [-0.3, -0.25) is 0 Å². The molecule has 3 atom stereocenters. The molecule has 0 saturated heterocycles. The van der Waals surface area contributed by atoms with E-state index in [1.165, 1.54) is 7.11 Å². The van der Waals surface area contributed by atoms with E-state index >= 15 is 0 Å².